The number of carbonyl (C=O) groups excluding carboxylic acids is 1. The van der Waals surface area contributed by atoms with Gasteiger partial charge in [-0.1, -0.05) is 12.1 Å². The van der Waals surface area contributed by atoms with Gasteiger partial charge in [-0.2, -0.15) is 0 Å². The lowest BCUT2D eigenvalue weighted by molar-refractivity contribution is -0.118. The SMILES string of the molecule is O=C(CSC1CCS(=O)(=O)C1)NCCc1ccc(C(=O)O)cc1. The number of hydrogen-bond donors (Lipinski definition) is 2. The van der Waals surface area contributed by atoms with Gasteiger partial charge in [0.2, 0.25) is 5.91 Å². The van der Waals surface area contributed by atoms with Crippen LogP contribution in [0.3, 0.4) is 0 Å². The van der Waals surface area contributed by atoms with Crippen molar-refractivity contribution in [3.63, 3.8) is 0 Å². The molecule has 1 saturated heterocycles. The molecule has 8 heteroatoms. The van der Waals surface area contributed by atoms with Gasteiger partial charge in [0.05, 0.1) is 22.8 Å². The van der Waals surface area contributed by atoms with E-state index < -0.39 is 15.8 Å². The molecular weight excluding hydrogens is 338 g/mol. The second kappa shape index (κ2) is 7.83. The van der Waals surface area contributed by atoms with Gasteiger partial charge in [0, 0.05) is 11.8 Å². The molecule has 1 unspecified atom stereocenters. The Morgan fingerprint density at radius 2 is 1.96 bits per heavy atom. The summed E-state index contributed by atoms with van der Waals surface area (Å²) >= 11 is 1.39. The summed E-state index contributed by atoms with van der Waals surface area (Å²) < 4.78 is 22.7. The van der Waals surface area contributed by atoms with Crippen LogP contribution in [0.25, 0.3) is 0 Å². The zero-order valence-corrected chi connectivity index (χ0v) is 14.2. The van der Waals surface area contributed by atoms with Crippen molar-refractivity contribution >= 4 is 33.5 Å². The number of hydrogen-bond acceptors (Lipinski definition) is 5. The summed E-state index contributed by atoms with van der Waals surface area (Å²) in [5.41, 5.74) is 1.19. The number of carbonyl (C=O) groups is 2. The first-order valence-corrected chi connectivity index (χ1v) is 10.1. The molecule has 1 aromatic carbocycles. The lowest BCUT2D eigenvalue weighted by Gasteiger charge is -2.08. The Hall–Kier alpha value is -1.54. The number of carboxylic acid groups (broad SMARTS) is 1. The summed E-state index contributed by atoms with van der Waals surface area (Å²) in [4.78, 5) is 22.5. The van der Waals surface area contributed by atoms with Crippen LogP contribution in [-0.4, -0.2) is 54.5 Å². The van der Waals surface area contributed by atoms with Crippen LogP contribution in [-0.2, 0) is 21.1 Å². The third-order valence-electron chi connectivity index (χ3n) is 3.58. The molecule has 1 aliphatic heterocycles. The van der Waals surface area contributed by atoms with Gasteiger partial charge in [-0.25, -0.2) is 13.2 Å². The highest BCUT2D eigenvalue weighted by Gasteiger charge is 2.28. The van der Waals surface area contributed by atoms with Gasteiger partial charge in [0.25, 0.3) is 0 Å². The van der Waals surface area contributed by atoms with Gasteiger partial charge in [0.1, 0.15) is 0 Å². The van der Waals surface area contributed by atoms with E-state index in [1.807, 2.05) is 0 Å². The molecule has 0 saturated carbocycles. The van der Waals surface area contributed by atoms with Gasteiger partial charge in [-0.05, 0) is 30.5 Å². The van der Waals surface area contributed by atoms with Crippen molar-refractivity contribution in [1.82, 2.24) is 5.32 Å². The summed E-state index contributed by atoms with van der Waals surface area (Å²) in [6.07, 6.45) is 1.24. The zero-order chi connectivity index (χ0) is 16.9. The predicted octanol–water partition coefficient (Wildman–Crippen LogP) is 0.964. The topological polar surface area (TPSA) is 101 Å². The number of nitrogens with one attached hydrogen (secondary N) is 1. The highest BCUT2D eigenvalue weighted by atomic mass is 32.2. The molecule has 0 spiro atoms. The molecule has 2 N–H and O–H groups in total. The maximum atomic E-state index is 11.7. The first kappa shape index (κ1) is 17.8. The molecule has 1 aliphatic rings. The average molecular weight is 357 g/mol. The van der Waals surface area contributed by atoms with Crippen LogP contribution in [0.1, 0.15) is 22.3 Å². The minimum absolute atomic E-state index is 0.0225. The van der Waals surface area contributed by atoms with Crippen LogP contribution in [0.5, 0.6) is 0 Å². The van der Waals surface area contributed by atoms with Crippen LogP contribution in [0, 0.1) is 0 Å². The lowest BCUT2D eigenvalue weighted by Crippen LogP contribution is -2.28. The van der Waals surface area contributed by atoms with Crippen molar-refractivity contribution in [2.45, 2.75) is 18.1 Å². The van der Waals surface area contributed by atoms with E-state index in [2.05, 4.69) is 5.32 Å². The molecule has 1 aromatic rings. The largest absolute Gasteiger partial charge is 0.478 e. The smallest absolute Gasteiger partial charge is 0.335 e. The average Bonchev–Trinajstić information content (AvgIpc) is 2.85. The Morgan fingerprint density at radius 3 is 2.52 bits per heavy atom. The van der Waals surface area contributed by atoms with Gasteiger partial charge in [-0.15, -0.1) is 11.8 Å². The molecule has 0 aromatic heterocycles. The number of sulfone groups is 1. The minimum atomic E-state index is -2.90. The summed E-state index contributed by atoms with van der Waals surface area (Å²) in [6.45, 7) is 0.467. The molecule has 1 fully saturated rings. The quantitative estimate of drug-likeness (QED) is 0.754. The van der Waals surface area contributed by atoms with Crippen LogP contribution < -0.4 is 5.32 Å². The Bertz CT molecular complexity index is 670. The molecule has 6 nitrogen and oxygen atoms in total. The van der Waals surface area contributed by atoms with Crippen molar-refractivity contribution < 1.29 is 23.1 Å². The van der Waals surface area contributed by atoms with Crippen LogP contribution in [0.2, 0.25) is 0 Å². The molecule has 23 heavy (non-hydrogen) atoms. The molecule has 0 aliphatic carbocycles. The molecule has 0 bridgehead atoms. The van der Waals surface area contributed by atoms with Crippen molar-refractivity contribution in [3.05, 3.63) is 35.4 Å². The minimum Gasteiger partial charge on any atom is -0.478 e. The molecule has 126 valence electrons. The highest BCUT2D eigenvalue weighted by Crippen LogP contribution is 2.23. The Labute approximate surface area is 139 Å². The highest BCUT2D eigenvalue weighted by molar-refractivity contribution is 8.02. The Morgan fingerprint density at radius 1 is 1.26 bits per heavy atom. The maximum absolute atomic E-state index is 11.7. The van der Waals surface area contributed by atoms with E-state index in [1.54, 1.807) is 12.1 Å². The third-order valence-corrected chi connectivity index (χ3v) is 6.86. The van der Waals surface area contributed by atoms with Gasteiger partial charge in [-0.3, -0.25) is 4.79 Å². The number of carboxylic acids is 1. The maximum Gasteiger partial charge on any atom is 0.335 e. The van der Waals surface area contributed by atoms with E-state index >= 15 is 0 Å². The molecule has 0 radical (unpaired) electrons. The first-order valence-electron chi connectivity index (χ1n) is 7.27. The molecule has 1 amide bonds. The third kappa shape index (κ3) is 5.87. The van der Waals surface area contributed by atoms with E-state index in [9.17, 15) is 18.0 Å². The van der Waals surface area contributed by atoms with Gasteiger partial charge < -0.3 is 10.4 Å². The van der Waals surface area contributed by atoms with Gasteiger partial charge >= 0.3 is 5.97 Å². The molecular formula is C15H19NO5S2. The number of amides is 1. The fourth-order valence-electron chi connectivity index (χ4n) is 2.30. The Balaban J connectivity index is 1.66. The standard InChI is InChI=1S/C15H19NO5S2/c17-14(9-22-13-6-8-23(20,21)10-13)16-7-5-11-1-3-12(4-2-11)15(18)19/h1-4,13H,5-10H2,(H,16,17)(H,18,19). The summed E-state index contributed by atoms with van der Waals surface area (Å²) in [6, 6.07) is 6.53. The lowest BCUT2D eigenvalue weighted by atomic mass is 10.1. The van der Waals surface area contributed by atoms with E-state index in [1.165, 1.54) is 23.9 Å². The van der Waals surface area contributed by atoms with E-state index in [4.69, 9.17) is 5.11 Å². The van der Waals surface area contributed by atoms with Gasteiger partial charge in [0.15, 0.2) is 9.84 Å². The van der Waals surface area contributed by atoms with Crippen LogP contribution in [0.15, 0.2) is 24.3 Å². The Kier molecular flexibility index (Phi) is 6.06. The molecule has 2 rings (SSSR count). The first-order chi connectivity index (χ1) is 10.9. The number of rotatable bonds is 7. The van der Waals surface area contributed by atoms with E-state index in [0.29, 0.717) is 19.4 Å². The van der Waals surface area contributed by atoms with Crippen LogP contribution >= 0.6 is 11.8 Å². The van der Waals surface area contributed by atoms with E-state index in [0.717, 1.165) is 5.56 Å². The number of aromatic carboxylic acids is 1. The van der Waals surface area contributed by atoms with E-state index in [-0.39, 0.29) is 34.0 Å². The summed E-state index contributed by atoms with van der Waals surface area (Å²) in [7, 11) is -2.90. The summed E-state index contributed by atoms with van der Waals surface area (Å²) in [5.74, 6) is -0.422. The summed E-state index contributed by atoms with van der Waals surface area (Å²) in [5, 5.41) is 11.6. The fraction of sp³-hybridized carbons (Fsp3) is 0.467. The number of benzene rings is 1. The number of thioether (sulfide) groups is 1. The second-order valence-electron chi connectivity index (χ2n) is 5.44. The van der Waals surface area contributed by atoms with Crippen LogP contribution in [0.4, 0.5) is 0 Å². The predicted molar refractivity (Wildman–Crippen MR) is 89.6 cm³/mol. The van der Waals surface area contributed by atoms with Crippen molar-refractivity contribution in [2.24, 2.45) is 0 Å². The monoisotopic (exact) mass is 357 g/mol. The molecule has 1 heterocycles. The normalized spacial score (nSPS) is 19.4. The van der Waals surface area contributed by atoms with Crippen molar-refractivity contribution in [1.29, 1.82) is 0 Å². The fourth-order valence-corrected chi connectivity index (χ4v) is 5.77. The van der Waals surface area contributed by atoms with Crippen molar-refractivity contribution in [2.75, 3.05) is 23.8 Å². The molecule has 1 atom stereocenters. The van der Waals surface area contributed by atoms with Crippen molar-refractivity contribution in [3.8, 4) is 0 Å². The zero-order valence-electron chi connectivity index (χ0n) is 12.5. The second-order valence-corrected chi connectivity index (χ2v) is 8.96.